The molecule has 39 heavy (non-hydrogen) atoms. The predicted octanol–water partition coefficient (Wildman–Crippen LogP) is -2.90. The molecule has 15 nitrogen and oxygen atoms in total. The zero-order chi connectivity index (χ0) is 29.3. The molecule has 0 saturated carbocycles. The molecule has 15 heteroatoms. The van der Waals surface area contributed by atoms with Gasteiger partial charge < -0.3 is 48.3 Å². The van der Waals surface area contributed by atoms with Gasteiger partial charge in [-0.25, -0.2) is 4.79 Å². The Morgan fingerprint density at radius 1 is 0.923 bits per heavy atom. The molecule has 1 aromatic heterocycles. The quantitative estimate of drug-likeness (QED) is 0.110. The van der Waals surface area contributed by atoms with Crippen molar-refractivity contribution in [1.29, 1.82) is 0 Å². The van der Waals surface area contributed by atoms with Crippen LogP contribution in [0.5, 0.6) is 0 Å². The fraction of sp³-hybridized carbons (Fsp3) is 0.417. The molecule has 0 radical (unpaired) electrons. The van der Waals surface area contributed by atoms with Gasteiger partial charge in [-0.15, -0.1) is 0 Å². The van der Waals surface area contributed by atoms with Gasteiger partial charge in [-0.05, 0) is 31.4 Å². The first-order valence-electron chi connectivity index (χ1n) is 12.0. The van der Waals surface area contributed by atoms with Gasteiger partial charge >= 0.3 is 5.97 Å². The number of primary amides is 2. The number of rotatable bonds is 15. The van der Waals surface area contributed by atoms with E-state index in [0.29, 0.717) is 0 Å². The second-order valence-corrected chi connectivity index (χ2v) is 9.03. The molecular weight excluding hydrogens is 514 g/mol. The zero-order valence-corrected chi connectivity index (χ0v) is 21.2. The molecule has 212 valence electrons. The molecule has 12 N–H and O–H groups in total. The van der Waals surface area contributed by atoms with Crippen molar-refractivity contribution < 1.29 is 39.0 Å². The van der Waals surface area contributed by atoms with Crippen LogP contribution in [0.4, 0.5) is 0 Å². The lowest BCUT2D eigenvalue weighted by Gasteiger charge is -2.26. The summed E-state index contributed by atoms with van der Waals surface area (Å²) in [5.41, 5.74) is 17.8. The summed E-state index contributed by atoms with van der Waals surface area (Å²) in [6.45, 7) is 1.21. The van der Waals surface area contributed by atoms with Gasteiger partial charge in [-0.2, -0.15) is 0 Å². The lowest BCUT2D eigenvalue weighted by Crippen LogP contribution is -2.60. The normalized spacial score (nSPS) is 14.8. The van der Waals surface area contributed by atoms with Crippen molar-refractivity contribution in [1.82, 2.24) is 20.9 Å². The highest BCUT2D eigenvalue weighted by atomic mass is 16.4. The van der Waals surface area contributed by atoms with Gasteiger partial charge in [0.2, 0.25) is 29.5 Å². The van der Waals surface area contributed by atoms with Crippen molar-refractivity contribution in [3.63, 3.8) is 0 Å². The number of hydrogen-bond acceptors (Lipinski definition) is 8. The van der Waals surface area contributed by atoms with E-state index in [0.717, 1.165) is 16.5 Å². The number of carbonyl (C=O) groups excluding carboxylic acids is 5. The topological polar surface area (TPSA) is 273 Å². The number of carbonyl (C=O) groups is 6. The summed E-state index contributed by atoms with van der Waals surface area (Å²) in [6.07, 6.45) is -1.04. The number of aromatic nitrogens is 1. The second-order valence-electron chi connectivity index (χ2n) is 9.03. The van der Waals surface area contributed by atoms with Crippen molar-refractivity contribution in [3.05, 3.63) is 36.0 Å². The lowest BCUT2D eigenvalue weighted by atomic mass is 10.0. The molecule has 0 fully saturated rings. The number of H-pyrrole nitrogens is 1. The lowest BCUT2D eigenvalue weighted by molar-refractivity contribution is -0.143. The van der Waals surface area contributed by atoms with Gasteiger partial charge in [-0.1, -0.05) is 18.2 Å². The van der Waals surface area contributed by atoms with Crippen LogP contribution >= 0.6 is 0 Å². The van der Waals surface area contributed by atoms with Crippen molar-refractivity contribution in [3.8, 4) is 0 Å². The van der Waals surface area contributed by atoms with Crippen LogP contribution in [0, 0.1) is 0 Å². The summed E-state index contributed by atoms with van der Waals surface area (Å²) in [7, 11) is 0. The van der Waals surface area contributed by atoms with Crippen LogP contribution in [0.1, 0.15) is 31.7 Å². The van der Waals surface area contributed by atoms with E-state index in [9.17, 15) is 39.0 Å². The largest absolute Gasteiger partial charge is 0.480 e. The van der Waals surface area contributed by atoms with Crippen LogP contribution < -0.4 is 33.2 Å². The number of nitrogens with one attached hydrogen (secondary N) is 4. The number of benzene rings is 1. The summed E-state index contributed by atoms with van der Waals surface area (Å²) in [6, 6.07) is 1.49. The van der Waals surface area contributed by atoms with Gasteiger partial charge in [-0.3, -0.25) is 24.0 Å². The van der Waals surface area contributed by atoms with Crippen molar-refractivity contribution >= 4 is 46.4 Å². The Morgan fingerprint density at radius 2 is 1.56 bits per heavy atom. The minimum atomic E-state index is -1.65. The highest BCUT2D eigenvalue weighted by Gasteiger charge is 2.33. The van der Waals surface area contributed by atoms with Crippen LogP contribution in [0.2, 0.25) is 0 Å². The number of aliphatic hydroxyl groups excluding tert-OH is 1. The molecule has 5 atom stereocenters. The average Bonchev–Trinajstić information content (AvgIpc) is 3.26. The molecule has 0 bridgehead atoms. The van der Waals surface area contributed by atoms with E-state index in [4.69, 9.17) is 17.2 Å². The summed E-state index contributed by atoms with van der Waals surface area (Å²) >= 11 is 0. The first kappa shape index (κ1) is 30.7. The van der Waals surface area contributed by atoms with Gasteiger partial charge in [0.1, 0.15) is 18.1 Å². The number of amides is 5. The fourth-order valence-corrected chi connectivity index (χ4v) is 3.78. The van der Waals surface area contributed by atoms with Crippen LogP contribution in [0.25, 0.3) is 10.9 Å². The number of para-hydroxylation sites is 1. The standard InChI is InChI=1S/C24H33N7O8/c1-11(32)20(31-21(35)14(25)8-12-10-28-15-5-3-2-4-13(12)15)23(37)30-17(9-19(27)34)22(36)29-16(24(38)39)6-7-18(26)33/h2-5,10-11,14,16-17,20,28,32H,6-9,25H2,1H3,(H2,26,33)(H2,27,34)(H,29,36)(H,30,37)(H,31,35)(H,38,39). The Labute approximate surface area is 222 Å². The van der Waals surface area contributed by atoms with E-state index in [2.05, 4.69) is 20.9 Å². The molecule has 5 unspecified atom stereocenters. The third-order valence-corrected chi connectivity index (χ3v) is 5.85. The monoisotopic (exact) mass is 547 g/mol. The molecule has 2 rings (SSSR count). The molecule has 1 heterocycles. The SMILES string of the molecule is CC(O)C(NC(=O)C(N)Cc1c[nH]c2ccccc12)C(=O)NC(CC(N)=O)C(=O)NC(CCC(N)=O)C(=O)O. The second kappa shape index (κ2) is 13.9. The van der Waals surface area contributed by atoms with Crippen molar-refractivity contribution in [2.75, 3.05) is 0 Å². The number of aliphatic hydroxyl groups is 1. The Kier molecular flexibility index (Phi) is 10.9. The van der Waals surface area contributed by atoms with E-state index < -0.39 is 72.2 Å². The third kappa shape index (κ3) is 9.08. The molecule has 0 saturated heterocycles. The average molecular weight is 548 g/mol. The number of fused-ring (bicyclic) bond motifs is 1. The number of carboxylic acids is 1. The van der Waals surface area contributed by atoms with Crippen molar-refractivity contribution in [2.45, 2.75) is 62.9 Å². The third-order valence-electron chi connectivity index (χ3n) is 5.85. The minimum Gasteiger partial charge on any atom is -0.480 e. The minimum absolute atomic E-state index is 0.110. The van der Waals surface area contributed by atoms with E-state index in [1.54, 1.807) is 6.20 Å². The van der Waals surface area contributed by atoms with Crippen LogP contribution in [0.15, 0.2) is 30.5 Å². The van der Waals surface area contributed by atoms with Crippen molar-refractivity contribution in [2.24, 2.45) is 17.2 Å². The number of aromatic amines is 1. The molecule has 0 aliphatic rings. The Bertz CT molecular complexity index is 1230. The highest BCUT2D eigenvalue weighted by Crippen LogP contribution is 2.18. The number of aliphatic carboxylic acids is 1. The fourth-order valence-electron chi connectivity index (χ4n) is 3.78. The summed E-state index contributed by atoms with van der Waals surface area (Å²) in [5, 5.41) is 27.0. The molecule has 0 aliphatic heterocycles. The maximum absolute atomic E-state index is 12.9. The molecule has 2 aromatic rings. The maximum atomic E-state index is 12.9. The van der Waals surface area contributed by atoms with Crippen LogP contribution in [0.3, 0.4) is 0 Å². The number of nitrogens with two attached hydrogens (primary N) is 3. The van der Waals surface area contributed by atoms with E-state index in [-0.39, 0.29) is 19.3 Å². The van der Waals surface area contributed by atoms with E-state index in [1.165, 1.54) is 6.92 Å². The molecule has 0 spiro atoms. The Hall–Kier alpha value is -4.50. The first-order chi connectivity index (χ1) is 18.3. The van der Waals surface area contributed by atoms with Gasteiger partial charge in [0.15, 0.2) is 0 Å². The summed E-state index contributed by atoms with van der Waals surface area (Å²) in [5.74, 6) is -6.19. The van der Waals surface area contributed by atoms with Gasteiger partial charge in [0.25, 0.3) is 0 Å². The number of carboxylic acid groups (broad SMARTS) is 1. The Morgan fingerprint density at radius 3 is 2.15 bits per heavy atom. The van der Waals surface area contributed by atoms with Crippen LogP contribution in [-0.4, -0.2) is 81.0 Å². The zero-order valence-electron chi connectivity index (χ0n) is 21.2. The summed E-state index contributed by atoms with van der Waals surface area (Å²) in [4.78, 5) is 75.4. The maximum Gasteiger partial charge on any atom is 0.326 e. The van der Waals surface area contributed by atoms with Gasteiger partial charge in [0, 0.05) is 23.5 Å². The first-order valence-corrected chi connectivity index (χ1v) is 12.0. The van der Waals surface area contributed by atoms with Crippen LogP contribution in [-0.2, 0) is 35.2 Å². The summed E-state index contributed by atoms with van der Waals surface area (Å²) < 4.78 is 0. The smallest absolute Gasteiger partial charge is 0.326 e. The van der Waals surface area contributed by atoms with Gasteiger partial charge in [0.05, 0.1) is 18.6 Å². The Balaban J connectivity index is 2.10. The highest BCUT2D eigenvalue weighted by molar-refractivity contribution is 5.96. The molecular formula is C24H33N7O8. The predicted molar refractivity (Wildman–Crippen MR) is 137 cm³/mol. The molecule has 0 aliphatic carbocycles. The molecule has 1 aromatic carbocycles. The number of hydrogen-bond donors (Lipinski definition) is 9. The van der Waals surface area contributed by atoms with E-state index in [1.807, 2.05) is 24.3 Å². The van der Waals surface area contributed by atoms with E-state index >= 15 is 0 Å². The molecule has 5 amide bonds.